The molecule has 0 amide bonds. The molecule has 8 heteroatoms. The van der Waals surface area contributed by atoms with Gasteiger partial charge >= 0.3 is 12.1 Å². The molecule has 0 spiro atoms. The van der Waals surface area contributed by atoms with E-state index in [1.807, 2.05) is 42.5 Å². The van der Waals surface area contributed by atoms with Gasteiger partial charge in [0.2, 0.25) is 11.2 Å². The van der Waals surface area contributed by atoms with E-state index in [9.17, 15) is 22.8 Å². The molecule has 5 nitrogen and oxygen atoms in total. The zero-order chi connectivity index (χ0) is 26.9. The van der Waals surface area contributed by atoms with Crippen LogP contribution in [-0.2, 0) is 11.0 Å². The topological polar surface area (TPSA) is 65.7 Å². The summed E-state index contributed by atoms with van der Waals surface area (Å²) in [6.07, 6.45) is -2.22. The van der Waals surface area contributed by atoms with Gasteiger partial charge in [-0.2, -0.15) is 13.2 Å². The van der Waals surface area contributed by atoms with Crippen molar-refractivity contribution in [3.8, 4) is 17.2 Å². The smallest absolute Gasteiger partial charge is 0.449 e. The van der Waals surface area contributed by atoms with Gasteiger partial charge in [-0.05, 0) is 53.6 Å². The van der Waals surface area contributed by atoms with Crippen molar-refractivity contribution in [2.45, 2.75) is 13.1 Å². The van der Waals surface area contributed by atoms with E-state index in [1.165, 1.54) is 30.3 Å². The number of rotatable bonds is 5. The highest BCUT2D eigenvalue weighted by molar-refractivity contribution is 5.95. The minimum Gasteiger partial charge on any atom is -0.449 e. The lowest BCUT2D eigenvalue weighted by atomic mass is 10.0. The van der Waals surface area contributed by atoms with Crippen molar-refractivity contribution in [3.05, 3.63) is 118 Å². The lowest BCUT2D eigenvalue weighted by Gasteiger charge is -2.13. The van der Waals surface area contributed by atoms with E-state index < -0.39 is 34.7 Å². The van der Waals surface area contributed by atoms with Crippen molar-refractivity contribution < 1.29 is 31.9 Å². The number of fused-ring (bicyclic) bond motifs is 2. The summed E-state index contributed by atoms with van der Waals surface area (Å²) in [7, 11) is 0. The highest BCUT2D eigenvalue weighted by Crippen LogP contribution is 2.38. The molecule has 0 N–H and O–H groups in total. The van der Waals surface area contributed by atoms with Crippen LogP contribution in [0.1, 0.15) is 16.9 Å². The second-order valence-electron chi connectivity index (χ2n) is 8.48. The summed E-state index contributed by atoms with van der Waals surface area (Å²) in [6.45, 7) is 1.80. The Morgan fingerprint density at radius 2 is 1.58 bits per heavy atom. The zero-order valence-electron chi connectivity index (χ0n) is 19.9. The number of alkyl halides is 3. The number of hydrogen-bond acceptors (Lipinski definition) is 5. The number of aryl methyl sites for hydroxylation is 1. The van der Waals surface area contributed by atoms with Crippen molar-refractivity contribution in [1.29, 1.82) is 0 Å². The Labute approximate surface area is 214 Å². The molecule has 0 aliphatic heterocycles. The van der Waals surface area contributed by atoms with E-state index in [2.05, 4.69) is 0 Å². The molecule has 38 heavy (non-hydrogen) atoms. The molecular weight excluding hydrogens is 497 g/mol. The molecule has 190 valence electrons. The molecule has 0 aliphatic carbocycles. The molecule has 0 atom stereocenters. The van der Waals surface area contributed by atoms with E-state index >= 15 is 0 Å². The molecule has 5 aromatic rings. The van der Waals surface area contributed by atoms with Crippen LogP contribution in [0, 0.1) is 6.92 Å². The van der Waals surface area contributed by atoms with Crippen molar-refractivity contribution in [3.63, 3.8) is 0 Å². The third-order valence-corrected chi connectivity index (χ3v) is 5.76. The second kappa shape index (κ2) is 9.89. The normalized spacial score (nSPS) is 11.8. The van der Waals surface area contributed by atoms with Gasteiger partial charge in [-0.15, -0.1) is 0 Å². The minimum absolute atomic E-state index is 0.0521. The van der Waals surface area contributed by atoms with Gasteiger partial charge in [0.15, 0.2) is 0 Å². The van der Waals surface area contributed by atoms with Crippen LogP contribution in [0.5, 0.6) is 17.2 Å². The molecule has 0 saturated heterocycles. The van der Waals surface area contributed by atoms with Crippen LogP contribution in [0.3, 0.4) is 0 Å². The maximum atomic E-state index is 13.8. The standard InChI is InChI=1S/C30H19F3O5/c1-18-9-12-21(13-10-18)37-28-27(35)24-15-14-22(17-25(24)38-29(28)30(31,32)33)36-26(34)16-11-20-7-4-6-19-5-2-3-8-23(19)20/h2-17H,1H3/b16-11+. The summed E-state index contributed by atoms with van der Waals surface area (Å²) in [6, 6.07) is 23.1. The number of benzene rings is 4. The third-order valence-electron chi connectivity index (χ3n) is 5.76. The Morgan fingerprint density at radius 3 is 2.34 bits per heavy atom. The van der Waals surface area contributed by atoms with Gasteiger partial charge in [-0.3, -0.25) is 4.79 Å². The van der Waals surface area contributed by atoms with E-state index in [1.54, 1.807) is 25.1 Å². The Bertz CT molecular complexity index is 1740. The monoisotopic (exact) mass is 516 g/mol. The predicted molar refractivity (Wildman–Crippen MR) is 137 cm³/mol. The summed E-state index contributed by atoms with van der Waals surface area (Å²) in [5.41, 5.74) is 0.253. The molecule has 0 aliphatic rings. The molecule has 4 aromatic carbocycles. The summed E-state index contributed by atoms with van der Waals surface area (Å²) >= 11 is 0. The molecule has 0 bridgehead atoms. The quantitative estimate of drug-likeness (QED) is 0.136. The first-order chi connectivity index (χ1) is 18.2. The van der Waals surface area contributed by atoms with Crippen molar-refractivity contribution in [1.82, 2.24) is 0 Å². The fraction of sp³-hybridized carbons (Fsp3) is 0.0667. The van der Waals surface area contributed by atoms with Crippen LogP contribution < -0.4 is 14.9 Å². The second-order valence-corrected chi connectivity index (χ2v) is 8.48. The fourth-order valence-corrected chi connectivity index (χ4v) is 3.93. The van der Waals surface area contributed by atoms with Gasteiger partial charge in [0.25, 0.3) is 5.76 Å². The summed E-state index contributed by atoms with van der Waals surface area (Å²) in [5, 5.41) is 1.78. The predicted octanol–water partition coefficient (Wildman–Crippen LogP) is 7.68. The van der Waals surface area contributed by atoms with Gasteiger partial charge in [0.1, 0.15) is 17.1 Å². The first-order valence-corrected chi connectivity index (χ1v) is 11.5. The highest BCUT2D eigenvalue weighted by Gasteiger charge is 2.40. The average Bonchev–Trinajstić information content (AvgIpc) is 2.89. The number of carbonyl (C=O) groups is 1. The van der Waals surface area contributed by atoms with Gasteiger partial charge in [0.05, 0.1) is 5.39 Å². The Morgan fingerprint density at radius 1 is 0.868 bits per heavy atom. The number of esters is 1. The van der Waals surface area contributed by atoms with Crippen LogP contribution in [0.4, 0.5) is 13.2 Å². The molecule has 0 fully saturated rings. The number of halogens is 3. The van der Waals surface area contributed by atoms with Gasteiger partial charge in [-0.1, -0.05) is 60.2 Å². The van der Waals surface area contributed by atoms with Crippen LogP contribution in [0.25, 0.3) is 27.8 Å². The van der Waals surface area contributed by atoms with Gasteiger partial charge in [0, 0.05) is 12.1 Å². The molecule has 5 rings (SSSR count). The van der Waals surface area contributed by atoms with Gasteiger partial charge < -0.3 is 13.9 Å². The van der Waals surface area contributed by atoms with Crippen LogP contribution >= 0.6 is 0 Å². The van der Waals surface area contributed by atoms with Crippen molar-refractivity contribution in [2.75, 3.05) is 0 Å². The third kappa shape index (κ3) is 5.15. The Hall–Kier alpha value is -4.85. The maximum absolute atomic E-state index is 13.8. The van der Waals surface area contributed by atoms with Crippen molar-refractivity contribution >= 4 is 33.8 Å². The molecule has 1 heterocycles. The summed E-state index contributed by atoms with van der Waals surface area (Å²) < 4.78 is 57.0. The van der Waals surface area contributed by atoms with Gasteiger partial charge in [-0.25, -0.2) is 4.79 Å². The molecule has 0 radical (unpaired) electrons. The number of carbonyl (C=O) groups excluding carboxylic acids is 1. The van der Waals surface area contributed by atoms with E-state index in [0.717, 1.165) is 28.0 Å². The Balaban J connectivity index is 1.45. The van der Waals surface area contributed by atoms with Crippen LogP contribution in [0.2, 0.25) is 0 Å². The lowest BCUT2D eigenvalue weighted by Crippen LogP contribution is -2.15. The SMILES string of the molecule is Cc1ccc(Oc2c(C(F)(F)F)oc3cc(OC(=O)/C=C/c4cccc5ccccc45)ccc3c2=O)cc1. The highest BCUT2D eigenvalue weighted by atomic mass is 19.4. The summed E-state index contributed by atoms with van der Waals surface area (Å²) in [4.78, 5) is 25.4. The van der Waals surface area contributed by atoms with E-state index in [0.29, 0.717) is 0 Å². The summed E-state index contributed by atoms with van der Waals surface area (Å²) in [5.74, 6) is -3.36. The largest absolute Gasteiger partial charge is 0.453 e. The Kier molecular flexibility index (Phi) is 6.46. The molecule has 1 aromatic heterocycles. The minimum atomic E-state index is -5.01. The average molecular weight is 516 g/mol. The van der Waals surface area contributed by atoms with Crippen molar-refractivity contribution in [2.24, 2.45) is 0 Å². The zero-order valence-corrected chi connectivity index (χ0v) is 19.9. The number of ether oxygens (including phenoxy) is 2. The van der Waals surface area contributed by atoms with E-state index in [4.69, 9.17) is 13.9 Å². The lowest BCUT2D eigenvalue weighted by molar-refractivity contribution is -0.154. The maximum Gasteiger partial charge on any atom is 0.453 e. The first kappa shape index (κ1) is 24.8. The molecular formula is C30H19F3O5. The number of hydrogen-bond donors (Lipinski definition) is 0. The fourth-order valence-electron chi connectivity index (χ4n) is 3.93. The van der Waals surface area contributed by atoms with Crippen LogP contribution in [0.15, 0.2) is 100 Å². The van der Waals surface area contributed by atoms with Crippen LogP contribution in [-0.4, -0.2) is 5.97 Å². The molecule has 0 unspecified atom stereocenters. The molecule has 0 saturated carbocycles. The first-order valence-electron chi connectivity index (χ1n) is 11.5. The van der Waals surface area contributed by atoms with E-state index in [-0.39, 0.29) is 16.9 Å².